The Balaban J connectivity index is 2.29. The van der Waals surface area contributed by atoms with E-state index in [0.717, 1.165) is 12.8 Å². The Hall–Kier alpha value is -1.05. The second-order valence-corrected chi connectivity index (χ2v) is 5.98. The molecule has 1 aliphatic carbocycles. The predicted molar refractivity (Wildman–Crippen MR) is 68.4 cm³/mol. The molecule has 1 aliphatic heterocycles. The maximum Gasteiger partial charge on any atom is 0.309 e. The van der Waals surface area contributed by atoms with Crippen LogP contribution in [0.5, 0.6) is 0 Å². The molecule has 0 spiro atoms. The van der Waals surface area contributed by atoms with Gasteiger partial charge in [-0.15, -0.1) is 6.58 Å². The van der Waals surface area contributed by atoms with Gasteiger partial charge in [-0.1, -0.05) is 32.1 Å². The van der Waals surface area contributed by atoms with Crippen molar-refractivity contribution >= 4 is 5.97 Å². The van der Waals surface area contributed by atoms with Crippen LogP contribution in [-0.4, -0.2) is 12.1 Å². The first kappa shape index (κ1) is 12.4. The van der Waals surface area contributed by atoms with E-state index in [-0.39, 0.29) is 23.4 Å². The second-order valence-electron chi connectivity index (χ2n) is 5.98. The van der Waals surface area contributed by atoms with E-state index in [9.17, 15) is 4.79 Å². The fourth-order valence-corrected chi connectivity index (χ4v) is 3.50. The van der Waals surface area contributed by atoms with Crippen LogP contribution in [-0.2, 0) is 9.53 Å². The van der Waals surface area contributed by atoms with Crippen molar-refractivity contribution < 1.29 is 9.53 Å². The van der Waals surface area contributed by atoms with Crippen LogP contribution in [0, 0.1) is 23.2 Å². The van der Waals surface area contributed by atoms with Gasteiger partial charge in [0.1, 0.15) is 6.10 Å². The molecule has 2 rings (SSSR count). The number of rotatable bonds is 2. The molecule has 0 aromatic rings. The molecule has 2 fully saturated rings. The summed E-state index contributed by atoms with van der Waals surface area (Å²) in [5.41, 5.74) is 1.20. The number of hydrogen-bond donors (Lipinski definition) is 0. The zero-order valence-electron chi connectivity index (χ0n) is 11.0. The number of allylic oxidation sites excluding steroid dienone is 2. The van der Waals surface area contributed by atoms with Gasteiger partial charge < -0.3 is 4.74 Å². The van der Waals surface area contributed by atoms with Gasteiger partial charge in [-0.25, -0.2) is 0 Å². The number of ether oxygens (including phenoxy) is 1. The van der Waals surface area contributed by atoms with Crippen LogP contribution in [0.3, 0.4) is 0 Å². The minimum Gasteiger partial charge on any atom is -0.462 e. The van der Waals surface area contributed by atoms with E-state index in [4.69, 9.17) is 4.74 Å². The lowest BCUT2D eigenvalue weighted by Crippen LogP contribution is -2.41. The molecule has 1 heterocycles. The SMILES string of the molecule is C=CC1(C)CC2OC(=O)C(C)C2CC1C(=C)C. The molecule has 5 unspecified atom stereocenters. The van der Waals surface area contributed by atoms with E-state index < -0.39 is 0 Å². The Kier molecular flexibility index (Phi) is 2.92. The average molecular weight is 234 g/mol. The van der Waals surface area contributed by atoms with Crippen LogP contribution in [0.25, 0.3) is 0 Å². The van der Waals surface area contributed by atoms with Crippen LogP contribution in [0.2, 0.25) is 0 Å². The van der Waals surface area contributed by atoms with E-state index in [1.165, 1.54) is 5.57 Å². The molecule has 2 nitrogen and oxygen atoms in total. The van der Waals surface area contributed by atoms with E-state index in [1.54, 1.807) is 0 Å². The van der Waals surface area contributed by atoms with Crippen molar-refractivity contribution in [3.8, 4) is 0 Å². The van der Waals surface area contributed by atoms with Crippen LogP contribution in [0.15, 0.2) is 24.8 Å². The molecule has 0 aromatic carbocycles. The predicted octanol–water partition coefficient (Wildman–Crippen LogP) is 3.34. The Bertz CT molecular complexity index is 371. The van der Waals surface area contributed by atoms with Gasteiger partial charge in [-0.3, -0.25) is 4.79 Å². The van der Waals surface area contributed by atoms with E-state index in [1.807, 2.05) is 13.0 Å². The highest BCUT2D eigenvalue weighted by Crippen LogP contribution is 2.52. The van der Waals surface area contributed by atoms with E-state index in [0.29, 0.717) is 11.8 Å². The molecule has 0 radical (unpaired) electrons. The number of carbonyl (C=O) groups is 1. The summed E-state index contributed by atoms with van der Waals surface area (Å²) >= 11 is 0. The van der Waals surface area contributed by atoms with Gasteiger partial charge >= 0.3 is 5.97 Å². The third-order valence-electron chi connectivity index (χ3n) is 4.77. The van der Waals surface area contributed by atoms with E-state index >= 15 is 0 Å². The first-order valence-electron chi connectivity index (χ1n) is 6.38. The molecule has 17 heavy (non-hydrogen) atoms. The molecule has 0 bridgehead atoms. The lowest BCUT2D eigenvalue weighted by Gasteiger charge is -2.44. The monoisotopic (exact) mass is 234 g/mol. The highest BCUT2D eigenvalue weighted by molar-refractivity contribution is 5.75. The standard InChI is InChI=1S/C15H22O2/c1-6-15(5)8-13-11(7-12(15)9(2)3)10(4)14(16)17-13/h6,10-13H,1-2,7-8H2,3-5H3. The Morgan fingerprint density at radius 3 is 2.76 bits per heavy atom. The normalized spacial score (nSPS) is 45.0. The average Bonchev–Trinajstić information content (AvgIpc) is 2.53. The summed E-state index contributed by atoms with van der Waals surface area (Å²) < 4.78 is 5.49. The highest BCUT2D eigenvalue weighted by atomic mass is 16.6. The Morgan fingerprint density at radius 2 is 2.24 bits per heavy atom. The summed E-state index contributed by atoms with van der Waals surface area (Å²) in [6.45, 7) is 14.3. The third kappa shape index (κ3) is 1.84. The maximum atomic E-state index is 11.6. The number of carbonyl (C=O) groups excluding carboxylic acids is 1. The summed E-state index contributed by atoms with van der Waals surface area (Å²) in [7, 11) is 0. The summed E-state index contributed by atoms with van der Waals surface area (Å²) in [6, 6.07) is 0. The van der Waals surface area contributed by atoms with Crippen molar-refractivity contribution in [2.75, 3.05) is 0 Å². The summed E-state index contributed by atoms with van der Waals surface area (Å²) in [5, 5.41) is 0. The summed E-state index contributed by atoms with van der Waals surface area (Å²) in [5.74, 6) is 0.778. The molecule has 1 saturated carbocycles. The fourth-order valence-electron chi connectivity index (χ4n) is 3.50. The van der Waals surface area contributed by atoms with Crippen LogP contribution < -0.4 is 0 Å². The van der Waals surface area contributed by atoms with Crippen molar-refractivity contribution in [3.63, 3.8) is 0 Å². The lowest BCUT2D eigenvalue weighted by atomic mass is 9.60. The molecular weight excluding hydrogens is 212 g/mol. The molecule has 5 atom stereocenters. The second kappa shape index (κ2) is 4.01. The largest absolute Gasteiger partial charge is 0.462 e. The van der Waals surface area contributed by atoms with Gasteiger partial charge in [0.25, 0.3) is 0 Å². The topological polar surface area (TPSA) is 26.3 Å². The zero-order chi connectivity index (χ0) is 12.8. The van der Waals surface area contributed by atoms with Crippen LogP contribution >= 0.6 is 0 Å². The van der Waals surface area contributed by atoms with Gasteiger partial charge in [0.05, 0.1) is 5.92 Å². The Labute approximate surface area is 104 Å². The van der Waals surface area contributed by atoms with Gasteiger partial charge in [0.15, 0.2) is 0 Å². The van der Waals surface area contributed by atoms with E-state index in [2.05, 4.69) is 27.0 Å². The molecule has 2 heteroatoms. The molecule has 0 amide bonds. The van der Waals surface area contributed by atoms with Crippen LogP contribution in [0.4, 0.5) is 0 Å². The number of esters is 1. The summed E-state index contributed by atoms with van der Waals surface area (Å²) in [6.07, 6.45) is 3.97. The van der Waals surface area contributed by atoms with Gasteiger partial charge in [-0.2, -0.15) is 0 Å². The number of hydrogen-bond acceptors (Lipinski definition) is 2. The first-order chi connectivity index (χ1) is 7.89. The molecule has 0 N–H and O–H groups in total. The van der Waals surface area contributed by atoms with Crippen molar-refractivity contribution in [3.05, 3.63) is 24.8 Å². The van der Waals surface area contributed by atoms with Gasteiger partial charge in [-0.05, 0) is 31.1 Å². The molecule has 1 saturated heterocycles. The summed E-state index contributed by atoms with van der Waals surface area (Å²) in [4.78, 5) is 11.6. The molecule has 0 aromatic heterocycles. The fraction of sp³-hybridized carbons (Fsp3) is 0.667. The lowest BCUT2D eigenvalue weighted by molar-refractivity contribution is -0.145. The molecule has 2 aliphatic rings. The quantitative estimate of drug-likeness (QED) is 0.541. The minimum atomic E-state index is -0.0335. The van der Waals surface area contributed by atoms with Crippen molar-refractivity contribution in [1.29, 1.82) is 0 Å². The highest BCUT2D eigenvalue weighted by Gasteiger charge is 2.51. The van der Waals surface area contributed by atoms with Gasteiger partial charge in [0.2, 0.25) is 0 Å². The molecular formula is C15H22O2. The Morgan fingerprint density at radius 1 is 1.59 bits per heavy atom. The number of fused-ring (bicyclic) bond motifs is 1. The smallest absolute Gasteiger partial charge is 0.309 e. The zero-order valence-corrected chi connectivity index (χ0v) is 11.0. The minimum absolute atomic E-state index is 0.0112. The van der Waals surface area contributed by atoms with Crippen molar-refractivity contribution in [1.82, 2.24) is 0 Å². The van der Waals surface area contributed by atoms with Crippen LogP contribution in [0.1, 0.15) is 33.6 Å². The maximum absolute atomic E-state index is 11.6. The van der Waals surface area contributed by atoms with Crippen molar-refractivity contribution in [2.45, 2.75) is 39.7 Å². The third-order valence-corrected chi connectivity index (χ3v) is 4.77. The first-order valence-corrected chi connectivity index (χ1v) is 6.38. The van der Waals surface area contributed by atoms with Gasteiger partial charge in [0, 0.05) is 5.92 Å². The van der Waals surface area contributed by atoms with Crippen molar-refractivity contribution in [2.24, 2.45) is 23.2 Å². The molecule has 94 valence electrons.